The Bertz CT molecular complexity index is 3790. The van der Waals surface area contributed by atoms with Crippen LogP contribution in [-0.2, 0) is 97.2 Å². The van der Waals surface area contributed by atoms with E-state index in [1.54, 1.807) is 48.5 Å². The molecule has 15 aliphatic rings. The minimum atomic E-state index is -1.06. The van der Waals surface area contributed by atoms with Crippen molar-refractivity contribution in [1.29, 1.82) is 1.28 Å². The van der Waals surface area contributed by atoms with Crippen LogP contribution in [0.25, 0.3) is 0 Å². The van der Waals surface area contributed by atoms with Crippen molar-refractivity contribution in [3.05, 3.63) is 141 Å². The number of carbonyl (C=O) groups excluding carboxylic acids is 5. The minimum Gasteiger partial charge on any atom is -0.458 e. The third-order valence-corrected chi connectivity index (χ3v) is 24.2. The number of hydrogen-bond donors (Lipinski definition) is 4. The summed E-state index contributed by atoms with van der Waals surface area (Å²) in [6.07, 6.45) is 2.26. The van der Waals surface area contributed by atoms with Crippen molar-refractivity contribution in [1.82, 2.24) is 0 Å². The Morgan fingerprint density at radius 3 is 1.28 bits per heavy atom. The number of Topliss-reactive ketones (excluding diaryl/α,β-unsaturated/α-hetero) is 1. The van der Waals surface area contributed by atoms with E-state index in [1.165, 1.54) is 0 Å². The SMILES string of the molecule is C=C(Br)C[C@H](CCC(=O)C[C@H]1O[C@H]2[C@@H](O)[C@H]3O[C@@H](CCO)CC[C@@H]3O[C@H]2[C@H]1O)OC(=O)c1ccccc1.C=C(Br)C[C@H](CC[C@@]12C[C@H]3O[C@H]4C(O1)[C@H]1O[C@@H](CC=O)CC[C@@H]1O[C@H]4[C@H]3O2)OC(=O)c1ccccc1.C=C(Br)C[C@H](CC[C@@]12C[C@H]3O[C@H]4C(O1)[C@H]1O[C@@H](CCO)CC[C@@H]1O[C@H]4[C@H]3O2)OC(=O)c1ccccc1.[3H][P+](P)=S. The van der Waals surface area contributed by atoms with Gasteiger partial charge in [-0.15, -0.1) is 0 Å². The van der Waals surface area contributed by atoms with Gasteiger partial charge in [0.05, 0.1) is 80.6 Å². The second-order valence-electron chi connectivity index (χ2n) is 31.0. The molecule has 12 bridgehead atoms. The molecule has 612 valence electrons. The van der Waals surface area contributed by atoms with Gasteiger partial charge in [0.25, 0.3) is 0 Å². The molecule has 4 unspecified atom stereocenters. The Morgan fingerprint density at radius 1 is 0.500 bits per heavy atom. The van der Waals surface area contributed by atoms with Crippen LogP contribution in [0.4, 0.5) is 0 Å². The van der Waals surface area contributed by atoms with Gasteiger partial charge in [0.1, 0.15) is 122 Å². The topological polar surface area (TPSA) is 314 Å². The normalized spacial score (nSPS) is 37.8. The quantitative estimate of drug-likeness (QED) is 0.0217. The second-order valence-corrected chi connectivity index (χ2v) is 37.1. The van der Waals surface area contributed by atoms with Crippen LogP contribution >= 0.6 is 63.7 Å². The number of ketones is 1. The lowest BCUT2D eigenvalue weighted by Gasteiger charge is -2.47. The molecule has 15 saturated heterocycles. The average Bonchev–Trinajstić information content (AvgIpc) is 1.56. The van der Waals surface area contributed by atoms with Crippen LogP contribution in [0, 0.1) is 0 Å². The Morgan fingerprint density at radius 2 is 0.857 bits per heavy atom. The fraction of sp³-hybridized carbons (Fsp3) is 0.642. The van der Waals surface area contributed by atoms with E-state index in [9.17, 15) is 44.4 Å². The smallest absolute Gasteiger partial charge is 0.355 e. The third kappa shape index (κ3) is 20.6. The van der Waals surface area contributed by atoms with Crippen molar-refractivity contribution in [3.8, 4) is 0 Å². The molecule has 3 aromatic rings. The maximum absolute atomic E-state index is 12.8. The van der Waals surface area contributed by atoms with Crippen LogP contribution in [0.1, 0.15) is 166 Å². The van der Waals surface area contributed by atoms with E-state index in [1.807, 2.05) is 42.5 Å². The predicted octanol–water partition coefficient (Wildman–Crippen LogP) is 10.8. The summed E-state index contributed by atoms with van der Waals surface area (Å²) in [6.45, 7) is 10.9. The fourth-order valence-corrected chi connectivity index (χ4v) is 19.3. The maximum atomic E-state index is 12.8. The number of rotatable bonds is 29. The van der Waals surface area contributed by atoms with E-state index < -0.39 is 73.4 Å². The van der Waals surface area contributed by atoms with Gasteiger partial charge in [0.15, 0.2) is 30.4 Å². The molecule has 0 aromatic heterocycles. The summed E-state index contributed by atoms with van der Waals surface area (Å²) in [4.78, 5) is 61.9. The number of esters is 3. The van der Waals surface area contributed by atoms with Crippen molar-refractivity contribution in [2.24, 2.45) is 0 Å². The number of carbonyl (C=O) groups is 5. The van der Waals surface area contributed by atoms with Crippen molar-refractivity contribution < 1.29 is 120 Å². The number of hydrogen-bond acceptors (Lipinski definition) is 26. The molecule has 0 saturated carbocycles. The van der Waals surface area contributed by atoms with Crippen LogP contribution in [-0.4, -0.2) is 241 Å². The average molecular weight is 1810 g/mol. The molecule has 0 amide bonds. The molecule has 31 atom stereocenters. The number of fused-ring (bicyclic) bond motifs is 4. The molecule has 15 heterocycles. The summed E-state index contributed by atoms with van der Waals surface area (Å²) in [5.41, 5.74) is 1.45. The van der Waals surface area contributed by atoms with Crippen LogP contribution < -0.4 is 0 Å². The first-order valence-electron chi connectivity index (χ1n) is 39.5. The highest BCUT2D eigenvalue weighted by atomic mass is 79.9. The van der Waals surface area contributed by atoms with Gasteiger partial charge in [0.2, 0.25) is 0 Å². The van der Waals surface area contributed by atoms with Gasteiger partial charge in [-0.05, 0) is 120 Å². The first-order chi connectivity index (χ1) is 54.4. The van der Waals surface area contributed by atoms with Gasteiger partial charge in [0, 0.05) is 77.4 Å². The summed E-state index contributed by atoms with van der Waals surface area (Å²) in [5, 5.41) is 40.4. The van der Waals surface area contributed by atoms with Gasteiger partial charge >= 0.3 is 19.2 Å². The van der Waals surface area contributed by atoms with Gasteiger partial charge in [-0.1, -0.05) is 122 Å². The summed E-state index contributed by atoms with van der Waals surface area (Å²) < 4.78 is 109. The molecule has 0 spiro atoms. The molecule has 0 radical (unpaired) electrons. The minimum absolute atomic E-state index is 0.000520. The zero-order valence-corrected chi connectivity index (χ0v) is 69.8. The number of benzene rings is 3. The van der Waals surface area contributed by atoms with Crippen LogP contribution in [0.3, 0.4) is 0 Å². The summed E-state index contributed by atoms with van der Waals surface area (Å²) in [6, 6.07) is 26.6. The summed E-state index contributed by atoms with van der Waals surface area (Å²) in [7, 11) is 2.20. The molecule has 15 fully saturated rings. The first kappa shape index (κ1) is 84.8. The van der Waals surface area contributed by atoms with E-state index in [0.29, 0.717) is 117 Å². The van der Waals surface area contributed by atoms with E-state index in [2.05, 4.69) is 88.3 Å². The lowest BCUT2D eigenvalue weighted by molar-refractivity contribution is -0.293. The van der Waals surface area contributed by atoms with Gasteiger partial charge < -0.3 is 101 Å². The zero-order valence-electron chi connectivity index (χ0n) is 63.1. The molecule has 18 rings (SSSR count). The molecule has 15 aliphatic heterocycles. The Kier molecular flexibility index (Phi) is 29.9. The van der Waals surface area contributed by atoms with Crippen molar-refractivity contribution in [2.45, 2.75) is 311 Å². The zero-order chi connectivity index (χ0) is 79.8. The van der Waals surface area contributed by atoms with Crippen LogP contribution in [0.2, 0.25) is 0 Å². The Balaban J connectivity index is 0.000000145. The molecule has 112 heavy (non-hydrogen) atoms. The fourth-order valence-electron chi connectivity index (χ4n) is 18.2. The third-order valence-electron chi connectivity index (χ3n) is 23.3. The molecular formula is C81H102Br3O25P2S+. The highest BCUT2D eigenvalue weighted by molar-refractivity contribution is 9.12. The van der Waals surface area contributed by atoms with Gasteiger partial charge in [-0.25, -0.2) is 14.4 Å². The molecule has 25 nitrogen and oxygen atoms in total. The molecule has 3 aromatic carbocycles. The Hall–Kier alpha value is -3.66. The van der Waals surface area contributed by atoms with Crippen molar-refractivity contribution >= 4 is 105 Å². The van der Waals surface area contributed by atoms with Crippen LogP contribution in [0.15, 0.2) is 124 Å². The first-order valence-corrected chi connectivity index (χ1v) is 44.9. The van der Waals surface area contributed by atoms with E-state index >= 15 is 0 Å². The number of halogens is 3. The molecular weight excluding hydrogens is 1710 g/mol. The molecule has 31 heteroatoms. The number of aliphatic hydroxyl groups is 4. The highest BCUT2D eigenvalue weighted by Crippen LogP contribution is 2.56. The Labute approximate surface area is 687 Å². The number of aldehydes is 1. The highest BCUT2D eigenvalue weighted by Gasteiger charge is 2.71. The lowest BCUT2D eigenvalue weighted by atomic mass is 9.87. The largest absolute Gasteiger partial charge is 0.458 e. The van der Waals surface area contributed by atoms with Gasteiger partial charge in [-0.2, -0.15) is 0 Å². The molecule has 4 N–H and O–H groups in total. The second kappa shape index (κ2) is 39.5. The predicted molar refractivity (Wildman–Crippen MR) is 424 cm³/mol. The van der Waals surface area contributed by atoms with Crippen molar-refractivity contribution in [3.63, 3.8) is 0 Å². The summed E-state index contributed by atoms with van der Waals surface area (Å²) in [5.74, 6) is -3.07. The van der Waals surface area contributed by atoms with E-state index in [4.69, 9.17) is 77.1 Å². The number of aliphatic hydroxyl groups excluding tert-OH is 4. The van der Waals surface area contributed by atoms with E-state index in [-0.39, 0.29) is 160 Å². The van der Waals surface area contributed by atoms with Crippen LogP contribution in [0.5, 0.6) is 0 Å². The molecule has 0 aliphatic carbocycles. The van der Waals surface area contributed by atoms with Crippen molar-refractivity contribution in [2.75, 3.05) is 13.2 Å². The number of ether oxygens (including phenoxy) is 16. The van der Waals surface area contributed by atoms with Gasteiger partial charge in [-0.3, -0.25) is 4.79 Å². The standard InChI is InChI=1S/C27H35BrO9.C27H33BrO8.C27H31BrO8.H2P2S/c1-15(28)13-19(35-27(33)16-5-3-2-4-6-16)8-7-17(30)14-21-22(31)25-26(37-21)23(32)24-20(36-25)10-9-18(34-24)11-12-29;2*1-15(28)13-18(32-26(30)16-5-3-2-4-6-16)9-11-27-14-20-22(35-27)23-24(34-20)25(36-27)21-19(33-23)8-7-17(31-21)10-12-29;1-2-3/h2-6,18-26,29,31-32H,1,7-14H2;2-6,17-25,29H,1,7-14H2;2-6,12,17-25H,1,7-11,13-14H2;1H2/p+1/t18-,19+,20+,21-,22+,23+,24+,25+,26+;2*17-,18+,19+,20-,21+,22+,23+,24-,25?,27+;/m111./s1/i/hT. The summed E-state index contributed by atoms with van der Waals surface area (Å²) >= 11 is 14.5. The maximum Gasteiger partial charge on any atom is 0.355 e. The van der Waals surface area contributed by atoms with E-state index in [0.717, 1.165) is 40.9 Å². The lowest BCUT2D eigenvalue weighted by Crippen LogP contribution is -2.61. The monoisotopic (exact) mass is 1810 g/mol.